The van der Waals surface area contributed by atoms with E-state index in [0.717, 1.165) is 11.1 Å². The molecule has 5 atom stereocenters. The minimum absolute atomic E-state index is 0.124. The zero-order valence-corrected chi connectivity index (χ0v) is 27.1. The lowest BCUT2D eigenvalue weighted by Crippen LogP contribution is -2.69. The third kappa shape index (κ3) is 5.59. The second-order valence-corrected chi connectivity index (χ2v) is 14.8. The summed E-state index contributed by atoms with van der Waals surface area (Å²) < 4.78 is 6.48. The number of rotatable bonds is 10. The zero-order chi connectivity index (χ0) is 31.3. The minimum atomic E-state index is -1.71. The Bertz CT molecular complexity index is 1210. The molecule has 1 fully saturated rings. The second-order valence-electron chi connectivity index (χ2n) is 14.8. The summed E-state index contributed by atoms with van der Waals surface area (Å²) in [4.78, 5) is 44.6. The molecule has 0 saturated heterocycles. The molecule has 0 aromatic rings. The highest BCUT2D eigenvalue weighted by atomic mass is 16.5. The molecule has 3 rings (SSSR count). The van der Waals surface area contributed by atoms with Crippen LogP contribution in [-0.2, 0) is 19.1 Å². The fourth-order valence-corrected chi connectivity index (χ4v) is 7.15. The molecule has 2 N–H and O–H groups in total. The largest absolute Gasteiger partial charge is 0.489 e. The van der Waals surface area contributed by atoms with Crippen LogP contribution < -0.4 is 0 Å². The van der Waals surface area contributed by atoms with E-state index in [2.05, 4.69) is 12.2 Å². The first-order valence-electron chi connectivity index (χ1n) is 15.1. The molecule has 0 aromatic heterocycles. The van der Waals surface area contributed by atoms with Gasteiger partial charge in [-0.2, -0.15) is 0 Å². The highest BCUT2D eigenvalue weighted by Gasteiger charge is 2.77. The first kappa shape index (κ1) is 33.2. The third-order valence-electron chi connectivity index (χ3n) is 9.50. The Balaban J connectivity index is 2.49. The van der Waals surface area contributed by atoms with Gasteiger partial charge in [0.2, 0.25) is 0 Å². The van der Waals surface area contributed by atoms with E-state index in [9.17, 15) is 19.8 Å². The van der Waals surface area contributed by atoms with Crippen molar-refractivity contribution in [2.24, 2.45) is 28.1 Å². The van der Waals surface area contributed by atoms with Crippen LogP contribution in [0.4, 0.5) is 0 Å². The monoisotopic (exact) mass is 568 g/mol. The van der Waals surface area contributed by atoms with Crippen molar-refractivity contribution in [3.63, 3.8) is 0 Å². The van der Waals surface area contributed by atoms with Gasteiger partial charge in [0, 0.05) is 17.9 Å². The molecule has 1 aliphatic heterocycles. The van der Waals surface area contributed by atoms with Crippen LogP contribution in [0.1, 0.15) is 108 Å². The van der Waals surface area contributed by atoms with Gasteiger partial charge in [-0.1, -0.05) is 56.2 Å². The number of aliphatic hydroxyl groups is 2. The van der Waals surface area contributed by atoms with E-state index < -0.39 is 45.3 Å². The standard InChI is InChI=1S/C35H52O6/c1-21(2)13-12-16-33(11)24(15-14-22(3)4)20-34(18-17-31(7,8)39)28(37)25-19-26(32(9,10)40)41-29(25)35(33,30(34)38)27(36)23(5)6/h13-14,17-18,23-24,26,39-40H,12,15-16,19-20H2,1-11H3/b18-17+/t24-,26+,33+,34+,35-/m0/s1. The number of Topliss-reactive ketones (excluding diaryl/α,β-unsaturated/α-hetero) is 3. The van der Waals surface area contributed by atoms with Gasteiger partial charge in [0.15, 0.2) is 22.8 Å². The first-order valence-corrected chi connectivity index (χ1v) is 15.1. The van der Waals surface area contributed by atoms with Gasteiger partial charge in [0.1, 0.15) is 17.3 Å². The SMILES string of the molecule is CC(C)=CCC[C@]1(C)[C@@H](CC=C(C)C)C[C@]2(/C=C/C(C)(C)O)C(=O)C3=C(O[C@@H](C(C)(C)O)C3)[C@@]1(C(=O)C(C)C)C2=O. The van der Waals surface area contributed by atoms with Crippen LogP contribution in [0.3, 0.4) is 0 Å². The van der Waals surface area contributed by atoms with Crippen LogP contribution in [0.25, 0.3) is 0 Å². The van der Waals surface area contributed by atoms with Gasteiger partial charge in [-0.25, -0.2) is 0 Å². The number of carbonyl (C=O) groups excluding carboxylic acids is 3. The molecule has 0 amide bonds. The topological polar surface area (TPSA) is 101 Å². The van der Waals surface area contributed by atoms with Gasteiger partial charge in [0.25, 0.3) is 0 Å². The Morgan fingerprint density at radius 1 is 1.05 bits per heavy atom. The first-order chi connectivity index (χ1) is 18.6. The van der Waals surface area contributed by atoms with E-state index in [-0.39, 0.29) is 36.1 Å². The van der Waals surface area contributed by atoms with Gasteiger partial charge < -0.3 is 14.9 Å². The van der Waals surface area contributed by atoms with E-state index >= 15 is 4.79 Å². The number of hydrogen-bond donors (Lipinski definition) is 2. The molecule has 0 unspecified atom stereocenters. The molecule has 1 saturated carbocycles. The van der Waals surface area contributed by atoms with E-state index in [4.69, 9.17) is 4.74 Å². The molecule has 0 spiro atoms. The van der Waals surface area contributed by atoms with Crippen molar-refractivity contribution in [3.05, 3.63) is 46.8 Å². The number of fused-ring (bicyclic) bond motifs is 3. The van der Waals surface area contributed by atoms with Crippen molar-refractivity contribution in [2.45, 2.75) is 126 Å². The maximum atomic E-state index is 15.2. The highest BCUT2D eigenvalue weighted by molar-refractivity contribution is 6.28. The number of ketones is 3. The Morgan fingerprint density at radius 2 is 1.63 bits per heavy atom. The van der Waals surface area contributed by atoms with Crippen LogP contribution in [0.15, 0.2) is 46.8 Å². The Hall–Kier alpha value is -2.31. The van der Waals surface area contributed by atoms with Crippen LogP contribution >= 0.6 is 0 Å². The molecule has 228 valence electrons. The number of ether oxygens (including phenoxy) is 1. The van der Waals surface area contributed by atoms with Gasteiger partial charge in [-0.3, -0.25) is 14.4 Å². The van der Waals surface area contributed by atoms with Gasteiger partial charge in [0.05, 0.1) is 11.2 Å². The van der Waals surface area contributed by atoms with E-state index in [1.54, 1.807) is 47.6 Å². The van der Waals surface area contributed by atoms with E-state index in [0.29, 0.717) is 24.8 Å². The summed E-state index contributed by atoms with van der Waals surface area (Å²) in [6.07, 6.45) is 8.77. The van der Waals surface area contributed by atoms with Gasteiger partial charge >= 0.3 is 0 Å². The molecule has 6 nitrogen and oxygen atoms in total. The fourth-order valence-electron chi connectivity index (χ4n) is 7.15. The van der Waals surface area contributed by atoms with Crippen LogP contribution in [0.5, 0.6) is 0 Å². The van der Waals surface area contributed by atoms with Crippen molar-refractivity contribution in [3.8, 4) is 0 Å². The summed E-state index contributed by atoms with van der Waals surface area (Å²) in [5.74, 6) is -1.62. The van der Waals surface area contributed by atoms with Crippen LogP contribution in [-0.4, -0.2) is 44.9 Å². The zero-order valence-electron chi connectivity index (χ0n) is 27.1. The molecule has 0 aromatic carbocycles. The molecule has 2 aliphatic carbocycles. The lowest BCUT2D eigenvalue weighted by atomic mass is 9.38. The minimum Gasteiger partial charge on any atom is -0.489 e. The summed E-state index contributed by atoms with van der Waals surface area (Å²) in [5, 5.41) is 21.7. The molecule has 0 radical (unpaired) electrons. The molecule has 41 heavy (non-hydrogen) atoms. The second kappa shape index (κ2) is 11.1. The smallest absolute Gasteiger partial charge is 0.179 e. The summed E-state index contributed by atoms with van der Waals surface area (Å²) in [5.41, 5.74) is -4.15. The normalized spacial score (nSPS) is 31.9. The van der Waals surface area contributed by atoms with Gasteiger partial charge in [-0.05, 0) is 92.4 Å². The Morgan fingerprint density at radius 3 is 2.12 bits per heavy atom. The molecular weight excluding hydrogens is 516 g/mol. The Kier molecular flexibility index (Phi) is 8.97. The maximum Gasteiger partial charge on any atom is 0.179 e. The van der Waals surface area contributed by atoms with Gasteiger partial charge in [-0.15, -0.1) is 0 Å². The van der Waals surface area contributed by atoms with E-state index in [1.807, 2.05) is 34.6 Å². The lowest BCUT2D eigenvalue weighted by molar-refractivity contribution is -0.177. The van der Waals surface area contributed by atoms with Crippen molar-refractivity contribution in [1.29, 1.82) is 0 Å². The molecular formula is C35H52O6. The van der Waals surface area contributed by atoms with E-state index in [1.165, 1.54) is 6.08 Å². The summed E-state index contributed by atoms with van der Waals surface area (Å²) in [6, 6.07) is 0. The van der Waals surface area contributed by atoms with Crippen molar-refractivity contribution in [1.82, 2.24) is 0 Å². The van der Waals surface area contributed by atoms with Crippen LogP contribution in [0.2, 0.25) is 0 Å². The van der Waals surface area contributed by atoms with Crippen molar-refractivity contribution < 1.29 is 29.3 Å². The summed E-state index contributed by atoms with van der Waals surface area (Å²) >= 11 is 0. The number of carbonyl (C=O) groups is 3. The molecule has 2 bridgehead atoms. The quantitative estimate of drug-likeness (QED) is 0.227. The number of hydrogen-bond acceptors (Lipinski definition) is 6. The highest BCUT2D eigenvalue weighted by Crippen LogP contribution is 2.69. The van der Waals surface area contributed by atoms with Crippen molar-refractivity contribution >= 4 is 17.3 Å². The summed E-state index contributed by atoms with van der Waals surface area (Å²) in [7, 11) is 0. The predicted molar refractivity (Wildman–Crippen MR) is 162 cm³/mol. The predicted octanol–water partition coefficient (Wildman–Crippen LogP) is 6.61. The average Bonchev–Trinajstić information content (AvgIpc) is 3.28. The Labute approximate surface area is 247 Å². The maximum absolute atomic E-state index is 15.2. The average molecular weight is 569 g/mol. The molecule has 1 heterocycles. The molecule has 6 heteroatoms. The lowest BCUT2D eigenvalue weighted by Gasteiger charge is -2.61. The summed E-state index contributed by atoms with van der Waals surface area (Å²) in [6.45, 7) is 20.2. The van der Waals surface area contributed by atoms with Crippen LogP contribution in [0, 0.1) is 28.1 Å². The number of allylic oxidation sites excluding steroid dienone is 6. The van der Waals surface area contributed by atoms with Crippen molar-refractivity contribution in [2.75, 3.05) is 0 Å². The third-order valence-corrected chi connectivity index (χ3v) is 9.50. The molecule has 3 aliphatic rings. The fraction of sp³-hybridized carbons (Fsp3) is 0.686.